The Bertz CT molecular complexity index is 850. The second-order valence-electron chi connectivity index (χ2n) is 4.95. The van der Waals surface area contributed by atoms with Crippen molar-refractivity contribution in [3.63, 3.8) is 0 Å². The zero-order chi connectivity index (χ0) is 18.3. The van der Waals surface area contributed by atoms with E-state index >= 15 is 0 Å². The molecule has 0 atom stereocenters. The lowest BCUT2D eigenvalue weighted by molar-refractivity contribution is -0.137. The first-order valence-corrected chi connectivity index (χ1v) is 8.83. The zero-order valence-corrected chi connectivity index (χ0v) is 14.1. The van der Waals surface area contributed by atoms with Crippen LogP contribution in [0.3, 0.4) is 0 Å². The van der Waals surface area contributed by atoms with Crippen molar-refractivity contribution in [2.75, 3.05) is 17.6 Å². The Balaban J connectivity index is 2.22. The number of rotatable bonds is 7. The summed E-state index contributed by atoms with van der Waals surface area (Å²) in [5.74, 6) is -0.577. The van der Waals surface area contributed by atoms with Crippen molar-refractivity contribution in [3.05, 3.63) is 66.2 Å². The molecule has 2 aromatic rings. The molecule has 8 heteroatoms. The topological polar surface area (TPSA) is 110 Å². The van der Waals surface area contributed by atoms with Crippen molar-refractivity contribution in [3.8, 4) is 0 Å². The van der Waals surface area contributed by atoms with Crippen molar-refractivity contribution in [2.24, 2.45) is 5.73 Å². The highest BCUT2D eigenvalue weighted by atomic mass is 32.2. The van der Waals surface area contributed by atoms with Gasteiger partial charge in [0.1, 0.15) is 6.61 Å². The Morgan fingerprint density at radius 3 is 2.56 bits per heavy atom. The van der Waals surface area contributed by atoms with Gasteiger partial charge in [-0.15, -0.1) is 4.47 Å². The standard InChI is InChI=1S/C17H18N2O5S/c18-11-12-24-17(20)10-9-14-5-4-8-16(13-14)25(22,23)19(21)15-6-2-1-3-7-15/h1-10,13,21H,11-12,18H2/b10-9+. The van der Waals surface area contributed by atoms with E-state index in [4.69, 9.17) is 10.5 Å². The van der Waals surface area contributed by atoms with Crippen molar-refractivity contribution in [1.82, 2.24) is 0 Å². The zero-order valence-electron chi connectivity index (χ0n) is 13.3. The molecule has 7 nitrogen and oxygen atoms in total. The number of carbonyl (C=O) groups excluding carboxylic acids is 1. The first-order valence-electron chi connectivity index (χ1n) is 7.39. The summed E-state index contributed by atoms with van der Waals surface area (Å²) in [5, 5.41) is 10.0. The van der Waals surface area contributed by atoms with E-state index in [2.05, 4.69) is 0 Å². The third kappa shape index (κ3) is 4.90. The van der Waals surface area contributed by atoms with Crippen LogP contribution in [0, 0.1) is 0 Å². The quantitative estimate of drug-likeness (QED) is 0.441. The fraction of sp³-hybridized carbons (Fsp3) is 0.118. The molecule has 3 N–H and O–H groups in total. The second-order valence-corrected chi connectivity index (χ2v) is 6.71. The van der Waals surface area contributed by atoms with Gasteiger partial charge in [-0.05, 0) is 35.9 Å². The van der Waals surface area contributed by atoms with Crippen molar-refractivity contribution < 1.29 is 23.2 Å². The van der Waals surface area contributed by atoms with Gasteiger partial charge in [0.05, 0.1) is 10.6 Å². The van der Waals surface area contributed by atoms with Crippen LogP contribution in [-0.4, -0.2) is 32.7 Å². The van der Waals surface area contributed by atoms with E-state index in [9.17, 15) is 18.4 Å². The third-order valence-corrected chi connectivity index (χ3v) is 4.65. The lowest BCUT2D eigenvalue weighted by Gasteiger charge is -2.17. The van der Waals surface area contributed by atoms with Gasteiger partial charge in [0, 0.05) is 12.6 Å². The minimum atomic E-state index is -4.14. The molecule has 0 aromatic heterocycles. The number of esters is 1. The summed E-state index contributed by atoms with van der Waals surface area (Å²) in [6.07, 6.45) is 2.59. The lowest BCUT2D eigenvalue weighted by atomic mass is 10.2. The molecule has 0 saturated carbocycles. The fourth-order valence-corrected chi connectivity index (χ4v) is 3.08. The molecule has 0 amide bonds. The molecule has 0 saturated heterocycles. The smallest absolute Gasteiger partial charge is 0.330 e. The summed E-state index contributed by atoms with van der Waals surface area (Å²) in [5.41, 5.74) is 5.82. The van der Waals surface area contributed by atoms with E-state index in [1.807, 2.05) is 0 Å². The monoisotopic (exact) mass is 362 g/mol. The molecular formula is C17H18N2O5S. The van der Waals surface area contributed by atoms with Crippen LogP contribution in [0.2, 0.25) is 0 Å². The highest BCUT2D eigenvalue weighted by molar-refractivity contribution is 7.92. The van der Waals surface area contributed by atoms with Crippen LogP contribution in [0.4, 0.5) is 5.69 Å². The van der Waals surface area contributed by atoms with Crippen molar-refractivity contribution >= 4 is 27.8 Å². The molecule has 0 aliphatic rings. The molecule has 0 heterocycles. The number of hydrogen-bond donors (Lipinski definition) is 2. The van der Waals surface area contributed by atoms with Gasteiger partial charge in [-0.2, -0.15) is 8.42 Å². The van der Waals surface area contributed by atoms with E-state index < -0.39 is 16.0 Å². The van der Waals surface area contributed by atoms with Crippen LogP contribution < -0.4 is 10.2 Å². The van der Waals surface area contributed by atoms with Crippen LogP contribution in [-0.2, 0) is 19.6 Å². The van der Waals surface area contributed by atoms with Gasteiger partial charge in [-0.3, -0.25) is 5.21 Å². The molecule has 0 aliphatic heterocycles. The summed E-state index contributed by atoms with van der Waals surface area (Å²) < 4.78 is 30.0. The van der Waals surface area contributed by atoms with Crippen LogP contribution in [0.25, 0.3) is 6.08 Å². The number of carbonyl (C=O) groups is 1. The van der Waals surface area contributed by atoms with Gasteiger partial charge in [0.2, 0.25) is 0 Å². The average Bonchev–Trinajstić information content (AvgIpc) is 2.65. The molecule has 0 unspecified atom stereocenters. The lowest BCUT2D eigenvalue weighted by Crippen LogP contribution is -2.27. The largest absolute Gasteiger partial charge is 0.461 e. The summed E-state index contributed by atoms with van der Waals surface area (Å²) in [7, 11) is -4.14. The average molecular weight is 362 g/mol. The molecular weight excluding hydrogens is 344 g/mol. The van der Waals surface area contributed by atoms with E-state index in [0.717, 1.165) is 0 Å². The van der Waals surface area contributed by atoms with E-state index in [0.29, 0.717) is 5.56 Å². The first-order chi connectivity index (χ1) is 11.9. The maximum Gasteiger partial charge on any atom is 0.330 e. The van der Waals surface area contributed by atoms with Crippen LogP contribution >= 0.6 is 0 Å². The maximum absolute atomic E-state index is 12.5. The number of nitrogens with zero attached hydrogens (tertiary/aromatic N) is 1. The number of para-hydroxylation sites is 1. The van der Waals surface area contributed by atoms with Crippen LogP contribution in [0.5, 0.6) is 0 Å². The minimum Gasteiger partial charge on any atom is -0.461 e. The van der Waals surface area contributed by atoms with Crippen molar-refractivity contribution in [1.29, 1.82) is 0 Å². The van der Waals surface area contributed by atoms with Gasteiger partial charge >= 0.3 is 5.97 Å². The number of nitrogens with two attached hydrogens (primary N) is 1. The van der Waals surface area contributed by atoms with Gasteiger partial charge < -0.3 is 10.5 Å². The SMILES string of the molecule is NCCOC(=O)/C=C/c1cccc(S(=O)(=O)N(O)c2ccccc2)c1. The number of benzene rings is 2. The first kappa shape index (κ1) is 18.7. The number of anilines is 1. The number of sulfonamides is 1. The Morgan fingerprint density at radius 1 is 1.16 bits per heavy atom. The van der Waals surface area contributed by atoms with E-state index in [1.165, 1.54) is 42.5 Å². The van der Waals surface area contributed by atoms with Gasteiger partial charge in [0.25, 0.3) is 10.0 Å². The molecule has 0 radical (unpaired) electrons. The Hall–Kier alpha value is -2.68. The maximum atomic E-state index is 12.5. The number of hydrogen-bond acceptors (Lipinski definition) is 6. The molecule has 0 aliphatic carbocycles. The summed E-state index contributed by atoms with van der Waals surface area (Å²) in [4.78, 5) is 11.3. The highest BCUT2D eigenvalue weighted by Crippen LogP contribution is 2.22. The molecule has 0 fully saturated rings. The van der Waals surface area contributed by atoms with Crippen LogP contribution in [0.15, 0.2) is 65.6 Å². The number of ether oxygens (including phenoxy) is 1. The predicted octanol–water partition coefficient (Wildman–Crippen LogP) is 1.79. The van der Waals surface area contributed by atoms with Gasteiger partial charge in [-0.25, -0.2) is 4.79 Å². The Morgan fingerprint density at radius 2 is 1.88 bits per heavy atom. The third-order valence-electron chi connectivity index (χ3n) is 3.13. The molecule has 132 valence electrons. The summed E-state index contributed by atoms with van der Waals surface area (Å²) in [6, 6.07) is 13.7. The van der Waals surface area contributed by atoms with E-state index in [1.54, 1.807) is 24.3 Å². The van der Waals surface area contributed by atoms with Crippen LogP contribution in [0.1, 0.15) is 5.56 Å². The molecule has 2 rings (SSSR count). The minimum absolute atomic E-state index is 0.105. The summed E-state index contributed by atoms with van der Waals surface area (Å²) in [6.45, 7) is 0.327. The fourth-order valence-electron chi connectivity index (χ4n) is 1.94. The predicted molar refractivity (Wildman–Crippen MR) is 93.4 cm³/mol. The highest BCUT2D eigenvalue weighted by Gasteiger charge is 2.23. The summed E-state index contributed by atoms with van der Waals surface area (Å²) >= 11 is 0. The van der Waals surface area contributed by atoms with E-state index in [-0.39, 0.29) is 28.2 Å². The Labute approximate surface area is 146 Å². The molecule has 0 spiro atoms. The molecule has 0 bridgehead atoms. The molecule has 25 heavy (non-hydrogen) atoms. The van der Waals surface area contributed by atoms with Gasteiger partial charge in [-0.1, -0.05) is 30.3 Å². The molecule has 2 aromatic carbocycles. The normalized spacial score (nSPS) is 11.4. The second kappa shape index (κ2) is 8.43. The van der Waals surface area contributed by atoms with Crippen molar-refractivity contribution in [2.45, 2.75) is 4.90 Å². The van der Waals surface area contributed by atoms with Gasteiger partial charge in [0.15, 0.2) is 0 Å². The Kier molecular flexibility index (Phi) is 6.29.